The maximum atomic E-state index is 12.8. The number of pyridine rings is 1. The zero-order valence-electron chi connectivity index (χ0n) is 18.0. The van der Waals surface area contributed by atoms with Crippen LogP contribution in [-0.2, 0) is 9.84 Å². The van der Waals surface area contributed by atoms with Crippen LogP contribution in [0.5, 0.6) is 0 Å². The van der Waals surface area contributed by atoms with Crippen LogP contribution in [0.15, 0.2) is 36.5 Å². The van der Waals surface area contributed by atoms with Crippen molar-refractivity contribution in [2.75, 3.05) is 16.8 Å². The lowest BCUT2D eigenvalue weighted by atomic mass is 10.00. The van der Waals surface area contributed by atoms with Gasteiger partial charge in [-0.05, 0) is 57.2 Å². The van der Waals surface area contributed by atoms with E-state index in [1.54, 1.807) is 13.0 Å². The summed E-state index contributed by atoms with van der Waals surface area (Å²) in [6.45, 7) is 5.69. The minimum Gasteiger partial charge on any atom is -0.381 e. The van der Waals surface area contributed by atoms with Gasteiger partial charge in [-0.15, -0.1) is 0 Å². The van der Waals surface area contributed by atoms with Crippen molar-refractivity contribution in [3.8, 4) is 0 Å². The lowest BCUT2D eigenvalue weighted by molar-refractivity contribution is 0.0916. The summed E-state index contributed by atoms with van der Waals surface area (Å²) in [6.07, 6.45) is 3.84. The van der Waals surface area contributed by atoms with Gasteiger partial charge in [-0.25, -0.2) is 8.42 Å². The molecule has 31 heavy (non-hydrogen) atoms. The Morgan fingerprint density at radius 2 is 1.94 bits per heavy atom. The van der Waals surface area contributed by atoms with Crippen molar-refractivity contribution in [3.05, 3.63) is 58.9 Å². The van der Waals surface area contributed by atoms with E-state index in [1.807, 2.05) is 26.0 Å². The predicted octanol–water partition coefficient (Wildman–Crippen LogP) is 3.36. The van der Waals surface area contributed by atoms with Crippen molar-refractivity contribution in [2.24, 2.45) is 0 Å². The number of hydrogen-bond donors (Lipinski definition) is 3. The average molecular weight is 443 g/mol. The highest BCUT2D eigenvalue weighted by Gasteiger charge is 2.45. The van der Waals surface area contributed by atoms with Crippen LogP contribution in [0, 0.1) is 5.41 Å². The largest absolute Gasteiger partial charge is 0.381 e. The number of anilines is 1. The van der Waals surface area contributed by atoms with Gasteiger partial charge in [0.25, 0.3) is 5.91 Å². The van der Waals surface area contributed by atoms with Gasteiger partial charge in [-0.2, -0.15) is 0 Å². The Bertz CT molecular complexity index is 1150. The third-order valence-corrected chi connectivity index (χ3v) is 7.70. The zero-order chi connectivity index (χ0) is 22.4. The fourth-order valence-corrected chi connectivity index (χ4v) is 6.06. The highest BCUT2D eigenvalue weighted by atomic mass is 32.2. The third kappa shape index (κ3) is 4.79. The first-order valence-corrected chi connectivity index (χ1v) is 12.4. The molecule has 4 rings (SSSR count). The van der Waals surface area contributed by atoms with Gasteiger partial charge in [0.15, 0.2) is 9.84 Å². The molecule has 2 aliphatic rings. The molecule has 7 nitrogen and oxygen atoms in total. The van der Waals surface area contributed by atoms with E-state index in [0.717, 1.165) is 5.56 Å². The molecule has 2 fully saturated rings. The van der Waals surface area contributed by atoms with E-state index in [-0.39, 0.29) is 24.9 Å². The van der Waals surface area contributed by atoms with Crippen LogP contribution in [0.2, 0.25) is 0 Å². The van der Waals surface area contributed by atoms with E-state index in [0.29, 0.717) is 28.6 Å². The molecular weight excluding hydrogens is 412 g/mol. The maximum Gasteiger partial charge on any atom is 0.253 e. The second-order valence-electron chi connectivity index (χ2n) is 9.24. The van der Waals surface area contributed by atoms with Gasteiger partial charge in [-0.3, -0.25) is 15.2 Å². The first-order valence-electron chi connectivity index (χ1n) is 10.5. The van der Waals surface area contributed by atoms with Gasteiger partial charge in [0, 0.05) is 19.2 Å². The SMILES string of the molecule is CC(C)Nc1cc(C(=O)NC2(C)CS(=O)(=O)C2)cnc1C(=N)c1cccc(C2CC2)c1.[HH]. The molecule has 166 valence electrons. The number of aromatic nitrogens is 1. The van der Waals surface area contributed by atoms with Crippen LogP contribution in [0.4, 0.5) is 5.69 Å². The molecule has 1 saturated heterocycles. The normalized spacial score (nSPS) is 18.8. The van der Waals surface area contributed by atoms with Gasteiger partial charge in [-0.1, -0.05) is 18.2 Å². The predicted molar refractivity (Wildman–Crippen MR) is 124 cm³/mol. The molecule has 1 aromatic carbocycles. The molecule has 3 N–H and O–H groups in total. The number of amides is 1. The number of nitrogens with one attached hydrogen (secondary N) is 3. The highest BCUT2D eigenvalue weighted by Crippen LogP contribution is 2.40. The quantitative estimate of drug-likeness (QED) is 0.569. The van der Waals surface area contributed by atoms with E-state index in [1.165, 1.54) is 24.6 Å². The van der Waals surface area contributed by atoms with Crippen molar-refractivity contribution >= 4 is 27.1 Å². The van der Waals surface area contributed by atoms with Crippen LogP contribution >= 0.6 is 0 Å². The van der Waals surface area contributed by atoms with Crippen molar-refractivity contribution < 1.29 is 14.6 Å². The summed E-state index contributed by atoms with van der Waals surface area (Å²) in [4.78, 5) is 17.2. The van der Waals surface area contributed by atoms with Gasteiger partial charge < -0.3 is 10.6 Å². The number of carbonyl (C=O) groups excluding carboxylic acids is 1. The fourth-order valence-electron chi connectivity index (χ4n) is 4.06. The Kier molecular flexibility index (Phi) is 5.37. The molecule has 2 aromatic rings. The molecule has 1 saturated carbocycles. The van der Waals surface area contributed by atoms with Crippen molar-refractivity contribution in [2.45, 2.75) is 51.1 Å². The molecule has 1 aromatic heterocycles. The Hall–Kier alpha value is -2.74. The van der Waals surface area contributed by atoms with E-state index < -0.39 is 15.4 Å². The molecule has 1 aliphatic carbocycles. The first kappa shape index (κ1) is 21.5. The van der Waals surface area contributed by atoms with Crippen molar-refractivity contribution in [3.63, 3.8) is 0 Å². The molecule has 2 heterocycles. The van der Waals surface area contributed by atoms with Gasteiger partial charge >= 0.3 is 0 Å². The molecule has 0 bridgehead atoms. The Morgan fingerprint density at radius 1 is 1.23 bits per heavy atom. The first-order chi connectivity index (χ1) is 14.6. The fraction of sp³-hybridized carbons (Fsp3) is 0.435. The standard InChI is InChI=1S/C23H28N4O3S.H2/c1-14(2)26-19-10-18(22(28)27-23(3)12-31(29,30)13-23)11-25-21(19)20(24)17-6-4-5-16(9-17)15-7-8-15;/h4-6,9-11,14-15,24,26H,7-8,12-13H2,1-3H3,(H,27,28);1H. The highest BCUT2D eigenvalue weighted by molar-refractivity contribution is 7.93. The minimum atomic E-state index is -3.07. The minimum absolute atomic E-state index is 0. The van der Waals surface area contributed by atoms with E-state index in [9.17, 15) is 13.2 Å². The average Bonchev–Trinajstić information content (AvgIpc) is 3.50. The molecule has 0 unspecified atom stereocenters. The molecule has 0 atom stereocenters. The molecule has 1 amide bonds. The summed E-state index contributed by atoms with van der Waals surface area (Å²) in [7, 11) is -3.07. The second-order valence-corrected chi connectivity index (χ2v) is 11.3. The molecule has 0 spiro atoms. The summed E-state index contributed by atoms with van der Waals surface area (Å²) in [5, 5.41) is 14.9. The monoisotopic (exact) mass is 442 g/mol. The second kappa shape index (κ2) is 7.75. The van der Waals surface area contributed by atoms with Gasteiger partial charge in [0.05, 0.1) is 34.0 Å². The lowest BCUT2D eigenvalue weighted by Gasteiger charge is -2.38. The Labute approximate surface area is 184 Å². The number of benzene rings is 1. The topological polar surface area (TPSA) is 112 Å². The van der Waals surface area contributed by atoms with Crippen LogP contribution in [-0.4, -0.2) is 48.1 Å². The summed E-state index contributed by atoms with van der Waals surface area (Å²) in [5.41, 5.74) is 3.02. The molecule has 0 radical (unpaired) electrons. The number of carbonyl (C=O) groups is 1. The summed E-state index contributed by atoms with van der Waals surface area (Å²) >= 11 is 0. The lowest BCUT2D eigenvalue weighted by Crippen LogP contribution is -2.63. The number of nitrogens with zero attached hydrogens (tertiary/aromatic N) is 1. The number of sulfone groups is 1. The van der Waals surface area contributed by atoms with Gasteiger partial charge in [0.1, 0.15) is 5.69 Å². The molecule has 1 aliphatic heterocycles. The smallest absolute Gasteiger partial charge is 0.253 e. The number of hydrogen-bond acceptors (Lipinski definition) is 6. The van der Waals surface area contributed by atoms with Crippen LogP contribution < -0.4 is 10.6 Å². The molecular formula is C23H30N4O3S. The Balaban J connectivity index is 0.00000289. The van der Waals surface area contributed by atoms with Crippen LogP contribution in [0.25, 0.3) is 0 Å². The van der Waals surface area contributed by atoms with Crippen molar-refractivity contribution in [1.82, 2.24) is 10.3 Å². The summed E-state index contributed by atoms with van der Waals surface area (Å²) < 4.78 is 23.0. The van der Waals surface area contributed by atoms with Gasteiger partial charge in [0.2, 0.25) is 0 Å². The summed E-state index contributed by atoms with van der Waals surface area (Å²) in [6, 6.07) is 9.81. The van der Waals surface area contributed by atoms with E-state index in [2.05, 4.69) is 27.8 Å². The van der Waals surface area contributed by atoms with Crippen LogP contribution in [0.1, 0.15) is 68.1 Å². The Morgan fingerprint density at radius 3 is 2.55 bits per heavy atom. The van der Waals surface area contributed by atoms with E-state index in [4.69, 9.17) is 5.41 Å². The van der Waals surface area contributed by atoms with Crippen LogP contribution in [0.3, 0.4) is 0 Å². The summed E-state index contributed by atoms with van der Waals surface area (Å²) in [5.74, 6) is 0.106. The number of rotatable bonds is 7. The third-order valence-electron chi connectivity index (χ3n) is 5.55. The maximum absolute atomic E-state index is 12.8. The zero-order valence-corrected chi connectivity index (χ0v) is 18.8. The van der Waals surface area contributed by atoms with Crippen molar-refractivity contribution in [1.29, 1.82) is 5.41 Å². The molecule has 8 heteroatoms. The van der Waals surface area contributed by atoms with E-state index >= 15 is 0 Å².